The van der Waals surface area contributed by atoms with Gasteiger partial charge in [0.05, 0.1) is 5.69 Å². The van der Waals surface area contributed by atoms with Gasteiger partial charge in [0.1, 0.15) is 5.02 Å². The van der Waals surface area contributed by atoms with Gasteiger partial charge in [0, 0.05) is 28.7 Å². The number of nitrogens with one attached hydrogen (secondary N) is 1. The van der Waals surface area contributed by atoms with E-state index in [1.165, 1.54) is 0 Å². The molecule has 1 N–H and O–H groups in total. The molecule has 120 valence electrons. The van der Waals surface area contributed by atoms with Crippen molar-refractivity contribution in [2.24, 2.45) is 4.99 Å². The van der Waals surface area contributed by atoms with Crippen LogP contribution in [-0.2, 0) is 0 Å². The maximum absolute atomic E-state index is 11.3. The van der Waals surface area contributed by atoms with Gasteiger partial charge in [-0.1, -0.05) is 41.4 Å². The van der Waals surface area contributed by atoms with Crippen LogP contribution in [0.4, 0.5) is 5.69 Å². The van der Waals surface area contributed by atoms with Crippen molar-refractivity contribution in [3.8, 4) is 0 Å². The lowest BCUT2D eigenvalue weighted by atomic mass is 10.0. The summed E-state index contributed by atoms with van der Waals surface area (Å²) < 4.78 is 0. The molecular formula is C18H12Cl2N2O2. The van der Waals surface area contributed by atoms with Crippen molar-refractivity contribution in [3.63, 3.8) is 0 Å². The van der Waals surface area contributed by atoms with Crippen LogP contribution in [0.25, 0.3) is 10.9 Å². The van der Waals surface area contributed by atoms with E-state index in [1.54, 1.807) is 30.5 Å². The fourth-order valence-corrected chi connectivity index (χ4v) is 2.64. The fraction of sp³-hybridized carbons (Fsp3) is 0.0556. The van der Waals surface area contributed by atoms with E-state index in [0.717, 1.165) is 10.9 Å². The van der Waals surface area contributed by atoms with Crippen LogP contribution in [0.15, 0.2) is 58.3 Å². The number of nitrogens with zero attached hydrogens (tertiary/aromatic N) is 1. The zero-order valence-corrected chi connectivity index (χ0v) is 13.9. The number of hydrogen-bond donors (Lipinski definition) is 1. The van der Waals surface area contributed by atoms with E-state index in [2.05, 4.69) is 9.98 Å². The van der Waals surface area contributed by atoms with Gasteiger partial charge in [0.15, 0.2) is 5.78 Å². The molecule has 2 heterocycles. The zero-order chi connectivity index (χ0) is 17.1. The van der Waals surface area contributed by atoms with Crippen molar-refractivity contribution < 1.29 is 4.79 Å². The molecule has 0 aliphatic carbocycles. The molecule has 6 heteroatoms. The van der Waals surface area contributed by atoms with E-state index in [-0.39, 0.29) is 16.4 Å². The van der Waals surface area contributed by atoms with Crippen molar-refractivity contribution in [2.45, 2.75) is 6.42 Å². The number of pyridine rings is 1. The summed E-state index contributed by atoms with van der Waals surface area (Å²) in [5, 5.41) is 1.79. The number of aromatic nitrogens is 1. The lowest BCUT2D eigenvalue weighted by Gasteiger charge is -2.07. The predicted molar refractivity (Wildman–Crippen MR) is 98.1 cm³/mol. The van der Waals surface area contributed by atoms with Gasteiger partial charge >= 0.3 is 0 Å². The first-order chi connectivity index (χ1) is 11.5. The molecule has 0 saturated heterocycles. The molecule has 2 aromatic carbocycles. The van der Waals surface area contributed by atoms with Crippen molar-refractivity contribution in [1.82, 2.24) is 4.98 Å². The standard InChI is InChI=1S/2C9H6ClNO/c10-6-1-2-7-8(5-6)11-4-3-9(7)12;10-7-5-6-3-1-2-4-8(6)11-9(7)12/h1-2,4-5H,3H2;1-5H,(H,11,12). The van der Waals surface area contributed by atoms with Crippen LogP contribution in [0.1, 0.15) is 16.8 Å². The van der Waals surface area contributed by atoms with Gasteiger partial charge in [-0.2, -0.15) is 0 Å². The quantitative estimate of drug-likeness (QED) is 0.626. The number of fused-ring (bicyclic) bond motifs is 2. The largest absolute Gasteiger partial charge is 0.321 e. The maximum Gasteiger partial charge on any atom is 0.267 e. The van der Waals surface area contributed by atoms with Crippen LogP contribution in [-0.4, -0.2) is 17.0 Å². The highest BCUT2D eigenvalue weighted by Crippen LogP contribution is 2.26. The van der Waals surface area contributed by atoms with Gasteiger partial charge < -0.3 is 4.98 Å². The van der Waals surface area contributed by atoms with Gasteiger partial charge in [-0.3, -0.25) is 14.6 Å². The monoisotopic (exact) mass is 358 g/mol. The summed E-state index contributed by atoms with van der Waals surface area (Å²) in [4.78, 5) is 29.1. The highest BCUT2D eigenvalue weighted by Gasteiger charge is 2.13. The number of aromatic amines is 1. The summed E-state index contributed by atoms with van der Waals surface area (Å²) >= 11 is 11.4. The first-order valence-electron chi connectivity index (χ1n) is 7.17. The number of para-hydroxylation sites is 1. The Labute approximate surface area is 147 Å². The Morgan fingerprint density at radius 3 is 2.62 bits per heavy atom. The van der Waals surface area contributed by atoms with E-state index >= 15 is 0 Å². The first kappa shape index (κ1) is 16.4. The number of carbonyl (C=O) groups is 1. The second-order valence-corrected chi connectivity index (χ2v) is 5.98. The average molecular weight is 359 g/mol. The molecule has 0 radical (unpaired) electrons. The molecule has 1 aliphatic rings. The number of halogens is 2. The third-order valence-electron chi connectivity index (χ3n) is 3.48. The fourth-order valence-electron chi connectivity index (χ4n) is 2.31. The minimum atomic E-state index is -0.240. The van der Waals surface area contributed by atoms with Crippen molar-refractivity contribution >= 4 is 51.8 Å². The molecule has 1 aromatic heterocycles. The van der Waals surface area contributed by atoms with Gasteiger partial charge in [-0.15, -0.1) is 0 Å². The number of ketones is 1. The van der Waals surface area contributed by atoms with Crippen molar-refractivity contribution in [3.05, 3.63) is 74.5 Å². The lowest BCUT2D eigenvalue weighted by molar-refractivity contribution is 0.100. The zero-order valence-electron chi connectivity index (χ0n) is 12.4. The van der Waals surface area contributed by atoms with Crippen molar-refractivity contribution in [2.75, 3.05) is 0 Å². The molecule has 0 saturated carbocycles. The van der Waals surface area contributed by atoms with Crippen LogP contribution >= 0.6 is 23.2 Å². The van der Waals surface area contributed by atoms with E-state index in [4.69, 9.17) is 23.2 Å². The van der Waals surface area contributed by atoms with Gasteiger partial charge in [0.25, 0.3) is 5.56 Å². The minimum absolute atomic E-state index is 0.108. The topological polar surface area (TPSA) is 62.3 Å². The number of aliphatic imine (C=N–C) groups is 1. The Bertz CT molecular complexity index is 1010. The summed E-state index contributed by atoms with van der Waals surface area (Å²) in [6.07, 6.45) is 2.01. The smallest absolute Gasteiger partial charge is 0.267 e. The van der Waals surface area contributed by atoms with E-state index in [9.17, 15) is 9.59 Å². The Kier molecular flexibility index (Phi) is 4.79. The van der Waals surface area contributed by atoms with Crippen LogP contribution < -0.4 is 5.56 Å². The molecule has 0 fully saturated rings. The Morgan fingerprint density at radius 1 is 1.00 bits per heavy atom. The molecule has 0 amide bonds. The van der Waals surface area contributed by atoms with Crippen LogP contribution in [0, 0.1) is 0 Å². The minimum Gasteiger partial charge on any atom is -0.321 e. The molecule has 0 unspecified atom stereocenters. The van der Waals surface area contributed by atoms with Gasteiger partial charge in [-0.25, -0.2) is 0 Å². The highest BCUT2D eigenvalue weighted by atomic mass is 35.5. The number of carbonyl (C=O) groups excluding carboxylic acids is 1. The molecule has 0 atom stereocenters. The number of rotatable bonds is 0. The summed E-state index contributed by atoms with van der Waals surface area (Å²) in [6, 6.07) is 14.3. The Balaban J connectivity index is 0.000000141. The van der Waals surface area contributed by atoms with E-state index in [0.29, 0.717) is 22.7 Å². The van der Waals surface area contributed by atoms with Crippen LogP contribution in [0.2, 0.25) is 10.0 Å². The Morgan fingerprint density at radius 2 is 1.79 bits per heavy atom. The molecule has 4 nitrogen and oxygen atoms in total. The van der Waals surface area contributed by atoms with Gasteiger partial charge in [0.2, 0.25) is 0 Å². The van der Waals surface area contributed by atoms with E-state index < -0.39 is 0 Å². The predicted octanol–water partition coefficient (Wildman–Crippen LogP) is 4.81. The molecular weight excluding hydrogens is 347 g/mol. The first-order valence-corrected chi connectivity index (χ1v) is 7.93. The van der Waals surface area contributed by atoms with Crippen LogP contribution in [0.3, 0.4) is 0 Å². The summed E-state index contributed by atoms with van der Waals surface area (Å²) in [6.45, 7) is 0. The average Bonchev–Trinajstić information content (AvgIpc) is 2.56. The number of Topliss-reactive ketones (excluding diaryl/α,β-unsaturated/α-hetero) is 1. The molecule has 24 heavy (non-hydrogen) atoms. The van der Waals surface area contributed by atoms with E-state index in [1.807, 2.05) is 24.3 Å². The summed E-state index contributed by atoms with van der Waals surface area (Å²) in [5.41, 5.74) is 1.92. The van der Waals surface area contributed by atoms with Gasteiger partial charge in [-0.05, 0) is 35.7 Å². The second-order valence-electron chi connectivity index (χ2n) is 5.13. The molecule has 3 aromatic rings. The molecule has 4 rings (SSSR count). The lowest BCUT2D eigenvalue weighted by Crippen LogP contribution is -2.04. The molecule has 1 aliphatic heterocycles. The molecule has 0 bridgehead atoms. The number of H-pyrrole nitrogens is 1. The summed E-state index contributed by atoms with van der Waals surface area (Å²) in [5.74, 6) is 0.108. The third kappa shape index (κ3) is 3.55. The normalized spacial score (nSPS) is 12.5. The third-order valence-corrected chi connectivity index (χ3v) is 3.99. The van der Waals surface area contributed by atoms with Crippen LogP contribution in [0.5, 0.6) is 0 Å². The highest BCUT2D eigenvalue weighted by molar-refractivity contribution is 6.31. The second kappa shape index (κ2) is 6.99. The number of hydrogen-bond acceptors (Lipinski definition) is 3. The number of benzene rings is 2. The Hall–Kier alpha value is -2.43. The SMILES string of the molecule is O=C1CC=Nc2cc(Cl)ccc21.O=c1[nH]c2ccccc2cc1Cl. The van der Waals surface area contributed by atoms with Crippen molar-refractivity contribution in [1.29, 1.82) is 0 Å². The summed E-state index contributed by atoms with van der Waals surface area (Å²) in [7, 11) is 0. The molecule has 0 spiro atoms. The maximum atomic E-state index is 11.3.